The summed E-state index contributed by atoms with van der Waals surface area (Å²) >= 11 is 3.44. The van der Waals surface area contributed by atoms with Crippen molar-refractivity contribution in [2.45, 2.75) is 153 Å². The molecule has 440 valence electrons. The molecule has 0 bridgehead atoms. The Balaban J connectivity index is 0.00000109. The first kappa shape index (κ1) is 73.6. The highest BCUT2D eigenvalue weighted by atomic mass is 79.9. The third kappa shape index (κ3) is 27.7. The number of benzene rings is 6. The van der Waals surface area contributed by atoms with Crippen molar-refractivity contribution in [2.24, 2.45) is 17.8 Å². The van der Waals surface area contributed by atoms with Gasteiger partial charge in [0, 0.05) is 23.1 Å². The maximum atomic E-state index is 12.1. The minimum absolute atomic E-state index is 0. The second-order valence-corrected chi connectivity index (χ2v) is 19.7. The first-order chi connectivity index (χ1) is 37.4. The Morgan fingerprint density at radius 2 is 0.675 bits per heavy atom. The molecular weight excluding hydrogens is 1060 g/mol. The van der Waals surface area contributed by atoms with E-state index in [1.165, 1.54) is 18.2 Å². The van der Waals surface area contributed by atoms with Crippen LogP contribution in [0.1, 0.15) is 187 Å². The summed E-state index contributed by atoms with van der Waals surface area (Å²) in [6.07, 6.45) is 7.82. The quantitative estimate of drug-likeness (QED) is 0.0383. The van der Waals surface area contributed by atoms with Crippen LogP contribution in [-0.2, 0) is 23.9 Å². The summed E-state index contributed by atoms with van der Waals surface area (Å²) in [7, 11) is 0. The second-order valence-electron chi connectivity index (χ2n) is 19.1. The monoisotopic (exact) mass is 1160 g/mol. The van der Waals surface area contributed by atoms with Gasteiger partial charge in [0.05, 0.1) is 45.7 Å². The normalized spacial score (nSPS) is 11.4. The molecule has 10 heteroatoms. The fourth-order valence-corrected chi connectivity index (χ4v) is 9.49. The third-order valence-electron chi connectivity index (χ3n) is 13.9. The number of carboxylic acid groups (broad SMARTS) is 1. The minimum Gasteiger partial charge on any atom is -0.508 e. The van der Waals surface area contributed by atoms with Gasteiger partial charge in [-0.05, 0) is 101 Å². The number of ether oxygens (including phenoxy) is 4. The number of carbonyl (C=O) groups is 3. The number of hydrogen-bond donors (Lipinski definition) is 2. The number of aliphatic carboxylic acids is 1. The fourth-order valence-electron chi connectivity index (χ4n) is 8.57. The summed E-state index contributed by atoms with van der Waals surface area (Å²) in [4.78, 5) is 35.1. The van der Waals surface area contributed by atoms with Crippen molar-refractivity contribution in [2.75, 3.05) is 31.8 Å². The number of rotatable bonds is 27. The molecule has 0 fully saturated rings. The highest BCUT2D eigenvalue weighted by Crippen LogP contribution is 2.32. The van der Waals surface area contributed by atoms with E-state index in [9.17, 15) is 24.6 Å². The van der Waals surface area contributed by atoms with Gasteiger partial charge in [0.1, 0.15) is 17.2 Å². The van der Waals surface area contributed by atoms with E-state index in [1.807, 2.05) is 134 Å². The number of alkyl halides is 1. The molecule has 80 heavy (non-hydrogen) atoms. The molecular formula is C70H99BrO9. The molecule has 0 amide bonds. The molecule has 9 nitrogen and oxygen atoms in total. The smallest absolute Gasteiger partial charge is 0.306 e. The van der Waals surface area contributed by atoms with E-state index in [0.717, 1.165) is 89.7 Å². The number of halogens is 1. The van der Waals surface area contributed by atoms with E-state index < -0.39 is 5.97 Å². The number of aromatic hydroxyl groups is 1. The van der Waals surface area contributed by atoms with E-state index in [-0.39, 0.29) is 64.1 Å². The first-order valence-electron chi connectivity index (χ1n) is 27.8. The Hall–Kier alpha value is -6.39. The minimum atomic E-state index is -0.794. The molecule has 0 aliphatic rings. The standard InChI is InChI=1S/C23H30O3.C21H26O3.C17H18O3.C6H13Br.3CH4/c1-4-18(5-2)17-26-21-14-12-20(13-15-21)22(16-23(24)25-6-3)19-10-8-7-9-11-19;1-3-16(4-2)15-24-19-12-10-18(11-13-19)20(14-21(22)23)17-8-6-5-7-9-17;1-2-20-17(19)12-16(13-6-4-3-5-7-13)14-8-10-15(18)11-9-14;1-3-6(4-2)5-7;;;/h7-15,18,22H,4-6,16-17H2,1-3H3;5-13,16,20H,3-4,14-15H2,1-2H3,(H,22,23);3-11,16,18H,2,12H2,1H3;6H,3-5H2,1-2H3;3*1H4. The first-order valence-corrected chi connectivity index (χ1v) is 29.0. The summed E-state index contributed by atoms with van der Waals surface area (Å²) < 4.78 is 22.0. The van der Waals surface area contributed by atoms with Crippen molar-refractivity contribution in [1.82, 2.24) is 0 Å². The zero-order valence-corrected chi connectivity index (χ0v) is 48.7. The Morgan fingerprint density at radius 3 is 0.925 bits per heavy atom. The van der Waals surface area contributed by atoms with Gasteiger partial charge in [0.25, 0.3) is 0 Å². The molecule has 6 aromatic rings. The molecule has 6 rings (SSSR count). The molecule has 0 heterocycles. The molecule has 0 saturated heterocycles. The fraction of sp³-hybridized carbons (Fsp3) is 0.443. The SMILES string of the molecule is C.C.C.CCC(CC)CBr.CCC(CC)COc1ccc(C(CC(=O)O)c2ccccc2)cc1.CCOC(=O)CC(c1ccccc1)c1ccc(O)cc1.CCOC(=O)CC(c1ccccc1)c1ccc(OCC(CC)CC)cc1. The number of phenolic OH excluding ortho intramolecular Hbond substituents is 1. The second kappa shape index (κ2) is 43.4. The van der Waals surface area contributed by atoms with Crippen molar-refractivity contribution in [3.8, 4) is 17.2 Å². The summed E-state index contributed by atoms with van der Waals surface area (Å²) in [6.45, 7) is 19.1. The maximum Gasteiger partial charge on any atom is 0.306 e. The van der Waals surface area contributed by atoms with Crippen LogP contribution in [0, 0.1) is 17.8 Å². The summed E-state index contributed by atoms with van der Waals surface area (Å²) in [6, 6.07) is 52.6. The zero-order valence-electron chi connectivity index (χ0n) is 47.1. The van der Waals surface area contributed by atoms with E-state index in [0.29, 0.717) is 37.9 Å². The van der Waals surface area contributed by atoms with E-state index in [1.54, 1.807) is 19.1 Å². The molecule has 0 saturated carbocycles. The highest BCUT2D eigenvalue weighted by Gasteiger charge is 2.21. The molecule has 0 aliphatic heterocycles. The summed E-state index contributed by atoms with van der Waals surface area (Å²) in [5.74, 6) is 2.62. The van der Waals surface area contributed by atoms with E-state index >= 15 is 0 Å². The Labute approximate surface area is 492 Å². The average molecular weight is 1160 g/mol. The van der Waals surface area contributed by atoms with Gasteiger partial charge in [0.15, 0.2) is 0 Å². The van der Waals surface area contributed by atoms with Crippen LogP contribution in [0.2, 0.25) is 0 Å². The number of carboxylic acids is 1. The summed E-state index contributed by atoms with van der Waals surface area (Å²) in [5, 5.41) is 19.8. The van der Waals surface area contributed by atoms with Crippen molar-refractivity contribution in [1.29, 1.82) is 0 Å². The van der Waals surface area contributed by atoms with Gasteiger partial charge >= 0.3 is 17.9 Å². The molecule has 2 N–H and O–H groups in total. The lowest BCUT2D eigenvalue weighted by Gasteiger charge is -2.18. The Morgan fingerprint density at radius 1 is 0.400 bits per heavy atom. The largest absolute Gasteiger partial charge is 0.508 e. The molecule has 3 atom stereocenters. The summed E-state index contributed by atoms with van der Waals surface area (Å²) in [5.41, 5.74) is 6.28. The van der Waals surface area contributed by atoms with Crippen LogP contribution in [0.5, 0.6) is 17.2 Å². The van der Waals surface area contributed by atoms with Gasteiger partial charge in [-0.1, -0.05) is 246 Å². The van der Waals surface area contributed by atoms with Crippen LogP contribution in [0.25, 0.3) is 0 Å². The Bertz CT molecular complexity index is 2450. The van der Waals surface area contributed by atoms with Crippen LogP contribution in [0.15, 0.2) is 164 Å². The van der Waals surface area contributed by atoms with Crippen LogP contribution >= 0.6 is 15.9 Å². The van der Waals surface area contributed by atoms with Crippen LogP contribution < -0.4 is 9.47 Å². The average Bonchev–Trinajstić information content (AvgIpc) is 3.47. The number of esters is 2. The lowest BCUT2D eigenvalue weighted by molar-refractivity contribution is -0.144. The molecule has 0 aliphatic carbocycles. The molecule has 3 unspecified atom stereocenters. The topological polar surface area (TPSA) is 129 Å². The number of carbonyl (C=O) groups excluding carboxylic acids is 2. The van der Waals surface area contributed by atoms with Crippen molar-refractivity contribution in [3.05, 3.63) is 197 Å². The van der Waals surface area contributed by atoms with Gasteiger partial charge in [0.2, 0.25) is 0 Å². The van der Waals surface area contributed by atoms with E-state index in [2.05, 4.69) is 81.7 Å². The molecule has 0 spiro atoms. The van der Waals surface area contributed by atoms with E-state index in [4.69, 9.17) is 18.9 Å². The lowest BCUT2D eigenvalue weighted by atomic mass is 9.88. The van der Waals surface area contributed by atoms with Gasteiger partial charge in [-0.25, -0.2) is 0 Å². The number of phenols is 1. The lowest BCUT2D eigenvalue weighted by Crippen LogP contribution is -2.12. The predicted octanol–water partition coefficient (Wildman–Crippen LogP) is 18.9. The zero-order chi connectivity index (χ0) is 56.2. The van der Waals surface area contributed by atoms with Crippen molar-refractivity contribution in [3.63, 3.8) is 0 Å². The van der Waals surface area contributed by atoms with Crippen molar-refractivity contribution < 1.29 is 43.5 Å². The van der Waals surface area contributed by atoms with Gasteiger partial charge in [-0.3, -0.25) is 14.4 Å². The third-order valence-corrected chi connectivity index (χ3v) is 14.8. The molecule has 0 radical (unpaired) electrons. The van der Waals surface area contributed by atoms with Crippen molar-refractivity contribution >= 4 is 33.8 Å². The molecule has 0 aromatic heterocycles. The highest BCUT2D eigenvalue weighted by molar-refractivity contribution is 9.09. The van der Waals surface area contributed by atoms with Gasteiger partial charge in [-0.15, -0.1) is 0 Å². The van der Waals surface area contributed by atoms with Crippen LogP contribution in [0.4, 0.5) is 0 Å². The Kier molecular flexibility index (Phi) is 39.9. The maximum absolute atomic E-state index is 12.1. The number of hydrogen-bond acceptors (Lipinski definition) is 8. The predicted molar refractivity (Wildman–Crippen MR) is 338 cm³/mol. The van der Waals surface area contributed by atoms with Gasteiger partial charge < -0.3 is 29.2 Å². The van der Waals surface area contributed by atoms with Crippen LogP contribution in [-0.4, -0.2) is 59.9 Å². The van der Waals surface area contributed by atoms with Gasteiger partial charge in [-0.2, -0.15) is 0 Å². The van der Waals surface area contributed by atoms with Crippen LogP contribution in [0.3, 0.4) is 0 Å². The molecule has 6 aromatic carbocycles.